The van der Waals surface area contributed by atoms with Crippen LogP contribution < -0.4 is 10.5 Å². The second-order valence-electron chi connectivity index (χ2n) is 4.54. The van der Waals surface area contributed by atoms with E-state index in [0.717, 1.165) is 11.3 Å². The molecule has 0 aliphatic carbocycles. The Hall–Kier alpha value is -0.800. The van der Waals surface area contributed by atoms with Crippen molar-refractivity contribution >= 4 is 12.4 Å². The smallest absolute Gasteiger partial charge is 0.120 e. The van der Waals surface area contributed by atoms with Crippen LogP contribution in [0.3, 0.4) is 0 Å². The average Bonchev–Trinajstić information content (AvgIpc) is 2.15. The van der Waals surface area contributed by atoms with Gasteiger partial charge in [-0.1, -0.05) is 12.1 Å². The van der Waals surface area contributed by atoms with Crippen LogP contribution >= 0.6 is 12.4 Å². The van der Waals surface area contributed by atoms with Gasteiger partial charge in [0.05, 0.1) is 6.04 Å². The molecule has 0 aromatic heterocycles. The van der Waals surface area contributed by atoms with Gasteiger partial charge < -0.3 is 10.5 Å². The van der Waals surface area contributed by atoms with Crippen molar-refractivity contribution in [2.75, 3.05) is 6.67 Å². The fourth-order valence-electron chi connectivity index (χ4n) is 1.23. The van der Waals surface area contributed by atoms with Crippen molar-refractivity contribution in [2.24, 2.45) is 5.73 Å². The molecule has 0 saturated carbocycles. The maximum atomic E-state index is 12.3. The first-order valence-corrected chi connectivity index (χ1v) is 5.03. The van der Waals surface area contributed by atoms with E-state index < -0.39 is 12.7 Å². The van der Waals surface area contributed by atoms with Crippen LogP contribution in [0.1, 0.15) is 32.4 Å². The summed E-state index contributed by atoms with van der Waals surface area (Å²) in [6, 6.07) is 6.69. The summed E-state index contributed by atoms with van der Waals surface area (Å²) in [5.41, 5.74) is 6.13. The molecule has 0 saturated heterocycles. The fraction of sp³-hybridized carbons (Fsp3) is 0.500. The molecule has 0 unspecified atom stereocenters. The van der Waals surface area contributed by atoms with E-state index in [0.29, 0.717) is 0 Å². The van der Waals surface area contributed by atoms with Crippen molar-refractivity contribution < 1.29 is 9.13 Å². The Kier molecular flexibility index (Phi) is 5.76. The molecule has 92 valence electrons. The predicted molar refractivity (Wildman–Crippen MR) is 67.0 cm³/mol. The van der Waals surface area contributed by atoms with Crippen LogP contribution in [0.2, 0.25) is 0 Å². The number of halogens is 2. The van der Waals surface area contributed by atoms with E-state index in [1.165, 1.54) is 0 Å². The molecule has 16 heavy (non-hydrogen) atoms. The molecule has 0 aliphatic heterocycles. The number of alkyl halides is 1. The molecule has 0 fully saturated rings. The molecule has 0 amide bonds. The van der Waals surface area contributed by atoms with Crippen molar-refractivity contribution in [1.82, 2.24) is 0 Å². The van der Waals surface area contributed by atoms with E-state index in [2.05, 4.69) is 0 Å². The lowest BCUT2D eigenvalue weighted by atomic mass is 10.1. The lowest BCUT2D eigenvalue weighted by molar-refractivity contribution is 0.131. The fourth-order valence-corrected chi connectivity index (χ4v) is 1.23. The van der Waals surface area contributed by atoms with E-state index in [1.807, 2.05) is 32.9 Å². The van der Waals surface area contributed by atoms with Crippen LogP contribution in [0.25, 0.3) is 0 Å². The van der Waals surface area contributed by atoms with Crippen molar-refractivity contribution in [1.29, 1.82) is 0 Å². The molecule has 0 bridgehead atoms. The monoisotopic (exact) mass is 247 g/mol. The van der Waals surface area contributed by atoms with E-state index in [4.69, 9.17) is 10.5 Å². The van der Waals surface area contributed by atoms with Crippen LogP contribution in [-0.4, -0.2) is 12.3 Å². The van der Waals surface area contributed by atoms with Gasteiger partial charge >= 0.3 is 0 Å². The van der Waals surface area contributed by atoms with Crippen LogP contribution in [0, 0.1) is 0 Å². The second-order valence-corrected chi connectivity index (χ2v) is 4.54. The topological polar surface area (TPSA) is 35.2 Å². The molecule has 1 rings (SSSR count). The van der Waals surface area contributed by atoms with Crippen LogP contribution in [-0.2, 0) is 0 Å². The van der Waals surface area contributed by atoms with Crippen molar-refractivity contribution in [3.63, 3.8) is 0 Å². The van der Waals surface area contributed by atoms with E-state index in [-0.39, 0.29) is 18.0 Å². The van der Waals surface area contributed by atoms with Crippen LogP contribution in [0.4, 0.5) is 4.39 Å². The third kappa shape index (κ3) is 4.81. The standard InChI is InChI=1S/C12H18FNO.ClH/c1-12(2,3)15-10-6-4-9(5-7-10)11(14)8-13;/h4-7,11H,8,14H2,1-3H3;1H/t11-;/m1./s1. The Morgan fingerprint density at radius 1 is 1.25 bits per heavy atom. The van der Waals surface area contributed by atoms with Crippen LogP contribution in [0.5, 0.6) is 5.75 Å². The molecule has 1 aromatic rings. The molecule has 0 spiro atoms. The Bertz CT molecular complexity index is 308. The molecular weight excluding hydrogens is 229 g/mol. The quantitative estimate of drug-likeness (QED) is 0.890. The Labute approximate surface area is 102 Å². The number of hydrogen-bond donors (Lipinski definition) is 1. The van der Waals surface area contributed by atoms with Gasteiger partial charge in [0.25, 0.3) is 0 Å². The highest BCUT2D eigenvalue weighted by molar-refractivity contribution is 5.85. The number of nitrogens with two attached hydrogens (primary N) is 1. The molecule has 2 N–H and O–H groups in total. The zero-order valence-corrected chi connectivity index (χ0v) is 10.7. The molecule has 4 heteroatoms. The lowest BCUT2D eigenvalue weighted by Crippen LogP contribution is -2.23. The highest BCUT2D eigenvalue weighted by Crippen LogP contribution is 2.20. The molecule has 1 aromatic carbocycles. The third-order valence-corrected chi connectivity index (χ3v) is 1.90. The number of benzene rings is 1. The predicted octanol–water partition coefficient (Wildman–Crippen LogP) is 3.26. The summed E-state index contributed by atoms with van der Waals surface area (Å²) in [7, 11) is 0. The van der Waals surface area contributed by atoms with Gasteiger partial charge in [-0.3, -0.25) is 0 Å². The normalized spacial score (nSPS) is 12.8. The van der Waals surface area contributed by atoms with Gasteiger partial charge in [-0.15, -0.1) is 12.4 Å². The number of ether oxygens (including phenoxy) is 1. The van der Waals surface area contributed by atoms with Gasteiger partial charge in [0, 0.05) is 0 Å². The summed E-state index contributed by atoms with van der Waals surface area (Å²) in [5.74, 6) is 0.775. The first-order valence-electron chi connectivity index (χ1n) is 5.03. The average molecular weight is 248 g/mol. The highest BCUT2D eigenvalue weighted by atomic mass is 35.5. The van der Waals surface area contributed by atoms with Gasteiger partial charge in [0.15, 0.2) is 0 Å². The Morgan fingerprint density at radius 2 is 1.75 bits per heavy atom. The zero-order valence-electron chi connectivity index (χ0n) is 9.87. The molecule has 0 radical (unpaired) electrons. The van der Waals surface area contributed by atoms with Gasteiger partial charge in [-0.05, 0) is 38.5 Å². The minimum Gasteiger partial charge on any atom is -0.488 e. The molecular formula is C12H19ClFNO. The maximum absolute atomic E-state index is 12.3. The van der Waals surface area contributed by atoms with Crippen molar-refractivity contribution in [2.45, 2.75) is 32.4 Å². The maximum Gasteiger partial charge on any atom is 0.120 e. The zero-order chi connectivity index (χ0) is 11.5. The summed E-state index contributed by atoms with van der Waals surface area (Å²) in [5, 5.41) is 0. The minimum absolute atomic E-state index is 0. The minimum atomic E-state index is -0.542. The Balaban J connectivity index is 0.00000225. The SMILES string of the molecule is CC(C)(C)Oc1ccc([C@H](N)CF)cc1.Cl. The van der Waals surface area contributed by atoms with Crippen molar-refractivity contribution in [3.8, 4) is 5.75 Å². The molecule has 0 heterocycles. The number of rotatable bonds is 3. The van der Waals surface area contributed by atoms with E-state index in [1.54, 1.807) is 12.1 Å². The van der Waals surface area contributed by atoms with Gasteiger partial charge in [0.2, 0.25) is 0 Å². The lowest BCUT2D eigenvalue weighted by Gasteiger charge is -2.21. The Morgan fingerprint density at radius 3 is 2.12 bits per heavy atom. The van der Waals surface area contributed by atoms with Crippen molar-refractivity contribution in [3.05, 3.63) is 29.8 Å². The molecule has 2 nitrogen and oxygen atoms in total. The first-order chi connectivity index (χ1) is 6.92. The third-order valence-electron chi connectivity index (χ3n) is 1.90. The largest absolute Gasteiger partial charge is 0.488 e. The molecule has 0 aliphatic rings. The van der Waals surface area contributed by atoms with Crippen LogP contribution in [0.15, 0.2) is 24.3 Å². The summed E-state index contributed by atoms with van der Waals surface area (Å²) < 4.78 is 17.9. The molecule has 1 atom stereocenters. The highest BCUT2D eigenvalue weighted by Gasteiger charge is 2.12. The van der Waals surface area contributed by atoms with Gasteiger partial charge in [0.1, 0.15) is 18.0 Å². The first kappa shape index (κ1) is 15.2. The summed E-state index contributed by atoms with van der Waals surface area (Å²) in [4.78, 5) is 0. The van der Waals surface area contributed by atoms with Gasteiger partial charge in [-0.2, -0.15) is 0 Å². The second kappa shape index (κ2) is 6.06. The summed E-state index contributed by atoms with van der Waals surface area (Å²) in [6.07, 6.45) is 0. The summed E-state index contributed by atoms with van der Waals surface area (Å²) in [6.45, 7) is 5.40. The number of hydrogen-bond acceptors (Lipinski definition) is 2. The van der Waals surface area contributed by atoms with E-state index >= 15 is 0 Å². The summed E-state index contributed by atoms with van der Waals surface area (Å²) >= 11 is 0. The van der Waals surface area contributed by atoms with E-state index in [9.17, 15) is 4.39 Å². The van der Waals surface area contributed by atoms with Gasteiger partial charge in [-0.25, -0.2) is 4.39 Å².